The van der Waals surface area contributed by atoms with Crippen molar-refractivity contribution in [3.63, 3.8) is 0 Å². The van der Waals surface area contributed by atoms with Gasteiger partial charge in [0, 0.05) is 12.7 Å². The van der Waals surface area contributed by atoms with Crippen molar-refractivity contribution in [2.75, 3.05) is 13.2 Å². The summed E-state index contributed by atoms with van der Waals surface area (Å²) in [5.41, 5.74) is 0.903. The van der Waals surface area contributed by atoms with Crippen LogP contribution in [-0.2, 0) is 20.9 Å². The summed E-state index contributed by atoms with van der Waals surface area (Å²) in [4.78, 5) is 27.7. The predicted molar refractivity (Wildman–Crippen MR) is 99.0 cm³/mol. The van der Waals surface area contributed by atoms with Crippen LogP contribution < -0.4 is 0 Å². The van der Waals surface area contributed by atoms with Gasteiger partial charge in [-0.25, -0.2) is 4.79 Å². The summed E-state index contributed by atoms with van der Waals surface area (Å²) >= 11 is 0. The number of carboxylic acid groups (broad SMARTS) is 1. The Morgan fingerprint density at radius 1 is 1.23 bits per heavy atom. The highest BCUT2D eigenvalue weighted by atomic mass is 19.4. The molecule has 2 aliphatic rings. The fraction of sp³-hybridized carbons (Fsp3) is 0.450. The number of halogens is 3. The number of aliphatic carboxylic acids is 1. The lowest BCUT2D eigenvalue weighted by Gasteiger charge is -2.38. The van der Waals surface area contributed by atoms with Crippen LogP contribution in [0.5, 0.6) is 0 Å². The molecule has 1 aliphatic heterocycles. The molecule has 1 amide bonds. The molecule has 2 fully saturated rings. The minimum absolute atomic E-state index is 0.00999. The van der Waals surface area contributed by atoms with E-state index in [4.69, 9.17) is 23.8 Å². The van der Waals surface area contributed by atoms with Crippen LogP contribution in [0.2, 0.25) is 0 Å². The monoisotopic (exact) mass is 442 g/mol. The third-order valence-corrected chi connectivity index (χ3v) is 4.94. The number of carbonyl (C=O) groups is 2. The van der Waals surface area contributed by atoms with Crippen LogP contribution in [0.25, 0.3) is 0 Å². The summed E-state index contributed by atoms with van der Waals surface area (Å²) in [5, 5.41) is 7.12. The topological polar surface area (TPSA) is 102 Å². The van der Waals surface area contributed by atoms with Crippen LogP contribution in [-0.4, -0.2) is 64.4 Å². The van der Waals surface area contributed by atoms with E-state index in [1.165, 1.54) is 6.26 Å². The Labute approximate surface area is 175 Å². The summed E-state index contributed by atoms with van der Waals surface area (Å²) in [5.74, 6) is -2.44. The highest BCUT2D eigenvalue weighted by Crippen LogP contribution is 2.33. The molecule has 1 aliphatic carbocycles. The number of alkyl halides is 3. The fourth-order valence-electron chi connectivity index (χ4n) is 3.56. The number of amides is 1. The van der Waals surface area contributed by atoms with Crippen molar-refractivity contribution in [3.05, 3.63) is 54.2 Å². The lowest BCUT2D eigenvalue weighted by Crippen LogP contribution is -2.53. The van der Waals surface area contributed by atoms with Crippen LogP contribution in [0.1, 0.15) is 29.1 Å². The van der Waals surface area contributed by atoms with Crippen LogP contribution in [0.15, 0.2) is 47.2 Å². The molecule has 0 radical (unpaired) electrons. The first-order valence-electron chi connectivity index (χ1n) is 9.55. The third-order valence-electron chi connectivity index (χ3n) is 4.94. The molecule has 1 N–H and O–H groups in total. The lowest BCUT2D eigenvalue weighted by molar-refractivity contribution is -0.192. The van der Waals surface area contributed by atoms with E-state index >= 15 is 0 Å². The molecule has 0 aromatic carbocycles. The second kappa shape index (κ2) is 9.92. The number of hydrogen-bond acceptors (Lipinski definition) is 6. The van der Waals surface area contributed by atoms with Crippen molar-refractivity contribution >= 4 is 11.9 Å². The van der Waals surface area contributed by atoms with Crippen molar-refractivity contribution in [3.8, 4) is 0 Å². The number of fused-ring (bicyclic) bond motifs is 1. The van der Waals surface area contributed by atoms with E-state index in [1.807, 2.05) is 23.1 Å². The van der Waals surface area contributed by atoms with Gasteiger partial charge in [0.1, 0.15) is 6.10 Å². The molecule has 1 saturated heterocycles. The molecule has 4 rings (SSSR count). The number of rotatable bonds is 4. The molecule has 2 aromatic heterocycles. The maximum Gasteiger partial charge on any atom is 0.490 e. The molecule has 3 heterocycles. The van der Waals surface area contributed by atoms with E-state index in [1.54, 1.807) is 18.3 Å². The number of pyridine rings is 1. The molecule has 8 nitrogen and oxygen atoms in total. The molecule has 0 spiro atoms. The number of furan rings is 1. The van der Waals surface area contributed by atoms with Gasteiger partial charge in [0.2, 0.25) is 0 Å². The quantitative estimate of drug-likeness (QED) is 0.777. The third kappa shape index (κ3) is 5.82. The number of carboxylic acids is 1. The molecule has 3 atom stereocenters. The Hall–Kier alpha value is -2.92. The van der Waals surface area contributed by atoms with Gasteiger partial charge in [0.15, 0.2) is 5.76 Å². The molecular formula is C20H21F3N2O6. The lowest BCUT2D eigenvalue weighted by atomic mass is 10.1. The van der Waals surface area contributed by atoms with Crippen LogP contribution in [0, 0.1) is 0 Å². The number of aromatic nitrogens is 1. The Balaban J connectivity index is 0.000000339. The molecule has 11 heteroatoms. The van der Waals surface area contributed by atoms with Gasteiger partial charge in [-0.1, -0.05) is 6.07 Å². The van der Waals surface area contributed by atoms with Crippen molar-refractivity contribution in [1.29, 1.82) is 0 Å². The first-order valence-corrected chi connectivity index (χ1v) is 9.55. The zero-order valence-corrected chi connectivity index (χ0v) is 16.3. The Morgan fingerprint density at radius 2 is 2.00 bits per heavy atom. The zero-order valence-electron chi connectivity index (χ0n) is 16.3. The van der Waals surface area contributed by atoms with E-state index in [2.05, 4.69) is 4.98 Å². The maximum absolute atomic E-state index is 12.6. The van der Waals surface area contributed by atoms with Crippen molar-refractivity contribution in [1.82, 2.24) is 9.88 Å². The molecule has 31 heavy (non-hydrogen) atoms. The summed E-state index contributed by atoms with van der Waals surface area (Å²) < 4.78 is 49.0. The van der Waals surface area contributed by atoms with Gasteiger partial charge in [-0.2, -0.15) is 13.2 Å². The average Bonchev–Trinajstić information content (AvgIpc) is 3.42. The maximum atomic E-state index is 12.6. The van der Waals surface area contributed by atoms with Crippen molar-refractivity contribution in [2.45, 2.75) is 43.9 Å². The molecule has 0 unspecified atom stereocenters. The Kier molecular flexibility index (Phi) is 7.29. The number of hydrogen-bond donors (Lipinski definition) is 1. The molecule has 1 saturated carbocycles. The van der Waals surface area contributed by atoms with Crippen LogP contribution >= 0.6 is 0 Å². The molecule has 0 bridgehead atoms. The van der Waals surface area contributed by atoms with Gasteiger partial charge < -0.3 is 23.9 Å². The fourth-order valence-corrected chi connectivity index (χ4v) is 3.56. The highest BCUT2D eigenvalue weighted by molar-refractivity contribution is 5.91. The zero-order chi connectivity index (χ0) is 22.4. The van der Waals surface area contributed by atoms with Crippen LogP contribution in [0.4, 0.5) is 13.2 Å². The van der Waals surface area contributed by atoms with E-state index in [9.17, 15) is 18.0 Å². The molecular weight excluding hydrogens is 421 g/mol. The number of nitrogens with zero attached hydrogens (tertiary/aromatic N) is 2. The summed E-state index contributed by atoms with van der Waals surface area (Å²) in [6, 6.07) is 9.27. The van der Waals surface area contributed by atoms with E-state index < -0.39 is 12.1 Å². The van der Waals surface area contributed by atoms with Gasteiger partial charge in [-0.3, -0.25) is 9.78 Å². The van der Waals surface area contributed by atoms with E-state index in [0.717, 1.165) is 18.5 Å². The van der Waals surface area contributed by atoms with Gasteiger partial charge >= 0.3 is 12.1 Å². The van der Waals surface area contributed by atoms with Crippen molar-refractivity contribution in [2.24, 2.45) is 0 Å². The van der Waals surface area contributed by atoms with Crippen molar-refractivity contribution < 1.29 is 41.8 Å². The van der Waals surface area contributed by atoms with E-state index in [0.29, 0.717) is 25.5 Å². The van der Waals surface area contributed by atoms with Crippen LogP contribution in [0.3, 0.4) is 0 Å². The van der Waals surface area contributed by atoms with Gasteiger partial charge in [0.05, 0.1) is 37.3 Å². The first-order chi connectivity index (χ1) is 14.8. The number of carbonyl (C=O) groups excluding carboxylic acids is 1. The standard InChI is InChI=1S/C18H20N2O4.C2HF3O2/c21-18(16-5-3-10-22-16)20-9-11-23-17-14(20)6-7-15(17)24-12-13-4-1-2-8-19-13;3-2(4,5)1(6)7/h1-5,8,10,14-15,17H,6-7,9,11-12H2;(H,6,7)/t14-,15+,17+;/m0./s1. The smallest absolute Gasteiger partial charge is 0.475 e. The van der Waals surface area contributed by atoms with Gasteiger partial charge in [0.25, 0.3) is 5.91 Å². The SMILES string of the molecule is O=C(O)C(F)(F)F.O=C(c1ccco1)N1CCO[C@H]2[C@H](OCc3ccccn3)CC[C@@H]21. The minimum atomic E-state index is -5.08. The Morgan fingerprint density at radius 3 is 2.61 bits per heavy atom. The largest absolute Gasteiger partial charge is 0.490 e. The molecule has 168 valence electrons. The van der Waals surface area contributed by atoms with Gasteiger partial charge in [-0.05, 0) is 37.1 Å². The second-order valence-electron chi connectivity index (χ2n) is 6.93. The highest BCUT2D eigenvalue weighted by Gasteiger charge is 2.45. The minimum Gasteiger partial charge on any atom is -0.475 e. The Bertz CT molecular complexity index is 860. The van der Waals surface area contributed by atoms with Gasteiger partial charge in [-0.15, -0.1) is 0 Å². The summed E-state index contributed by atoms with van der Waals surface area (Å²) in [7, 11) is 0. The number of ether oxygens (including phenoxy) is 2. The normalized spacial score (nSPS) is 22.9. The molecule has 2 aromatic rings. The number of morpholine rings is 1. The van der Waals surface area contributed by atoms with E-state index in [-0.39, 0.29) is 24.2 Å². The predicted octanol–water partition coefficient (Wildman–Crippen LogP) is 2.90. The summed E-state index contributed by atoms with van der Waals surface area (Å²) in [6.45, 7) is 1.58. The second-order valence-corrected chi connectivity index (χ2v) is 6.93. The first kappa shape index (κ1) is 22.8. The summed E-state index contributed by atoms with van der Waals surface area (Å²) in [6.07, 6.45) is -0.130. The average molecular weight is 442 g/mol.